The Morgan fingerprint density at radius 2 is 2.00 bits per heavy atom. The fourth-order valence-electron chi connectivity index (χ4n) is 1.87. The van der Waals surface area contributed by atoms with Crippen LogP contribution in [0, 0.1) is 0 Å². The summed E-state index contributed by atoms with van der Waals surface area (Å²) in [6, 6.07) is 0. The second kappa shape index (κ2) is 4.24. The summed E-state index contributed by atoms with van der Waals surface area (Å²) in [6.45, 7) is 7.70. The van der Waals surface area contributed by atoms with Gasteiger partial charge < -0.3 is 16.0 Å². The van der Waals surface area contributed by atoms with Crippen LogP contribution in [0.2, 0.25) is 0 Å². The van der Waals surface area contributed by atoms with Crippen LogP contribution in [0.15, 0.2) is 0 Å². The molecule has 1 fully saturated rings. The van der Waals surface area contributed by atoms with E-state index in [0.29, 0.717) is 5.11 Å². The summed E-state index contributed by atoms with van der Waals surface area (Å²) >= 11 is 4.83. The molecule has 0 atom stereocenters. The van der Waals surface area contributed by atoms with Gasteiger partial charge in [-0.1, -0.05) is 0 Å². The smallest absolute Gasteiger partial charge is 0.164 e. The minimum atomic E-state index is -0.00380. The van der Waals surface area contributed by atoms with Crippen molar-refractivity contribution in [3.05, 3.63) is 0 Å². The zero-order valence-electron chi connectivity index (χ0n) is 8.47. The summed E-state index contributed by atoms with van der Waals surface area (Å²) in [5.41, 5.74) is 5.45. The second-order valence-electron chi connectivity index (χ2n) is 4.36. The summed E-state index contributed by atoms with van der Waals surface area (Å²) in [6.07, 6.45) is 2.65. The van der Waals surface area contributed by atoms with Crippen molar-refractivity contribution in [2.45, 2.75) is 32.2 Å². The highest BCUT2D eigenvalue weighted by atomic mass is 32.1. The van der Waals surface area contributed by atoms with Crippen LogP contribution in [0.1, 0.15) is 26.7 Å². The highest BCUT2D eigenvalue weighted by molar-refractivity contribution is 7.80. The molecule has 1 saturated heterocycles. The van der Waals surface area contributed by atoms with Crippen molar-refractivity contribution in [3.8, 4) is 0 Å². The standard InChI is InChI=1S/C9H19N3S/c1-9(2,11-8(10)13)7-12-5-3-4-6-12/h3-7H2,1-2H3,(H3,10,11,13). The Hall–Kier alpha value is -0.350. The van der Waals surface area contributed by atoms with Crippen LogP contribution in [0.4, 0.5) is 0 Å². The lowest BCUT2D eigenvalue weighted by molar-refractivity contribution is 0.256. The zero-order chi connectivity index (χ0) is 9.90. The van der Waals surface area contributed by atoms with E-state index >= 15 is 0 Å². The maximum atomic E-state index is 5.45. The van der Waals surface area contributed by atoms with Crippen LogP contribution in [0.3, 0.4) is 0 Å². The molecule has 0 unspecified atom stereocenters. The van der Waals surface area contributed by atoms with Gasteiger partial charge in [-0.2, -0.15) is 0 Å². The summed E-state index contributed by atoms with van der Waals surface area (Å²) in [5, 5.41) is 3.51. The Bertz CT molecular complexity index is 185. The Kier molecular flexibility index (Phi) is 3.50. The highest BCUT2D eigenvalue weighted by Gasteiger charge is 2.23. The van der Waals surface area contributed by atoms with E-state index in [1.807, 2.05) is 0 Å². The molecule has 0 aromatic carbocycles. The molecule has 1 heterocycles. The van der Waals surface area contributed by atoms with Gasteiger partial charge in [0, 0.05) is 12.1 Å². The molecule has 0 aromatic rings. The number of hydrogen-bond donors (Lipinski definition) is 2. The quantitative estimate of drug-likeness (QED) is 0.659. The Balaban J connectivity index is 2.35. The van der Waals surface area contributed by atoms with Gasteiger partial charge in [-0.15, -0.1) is 0 Å². The van der Waals surface area contributed by atoms with Gasteiger partial charge >= 0.3 is 0 Å². The first-order valence-corrected chi connectivity index (χ1v) is 5.20. The molecular formula is C9H19N3S. The first-order chi connectivity index (χ1) is 5.99. The predicted molar refractivity (Wildman–Crippen MR) is 59.7 cm³/mol. The zero-order valence-corrected chi connectivity index (χ0v) is 9.28. The number of thiocarbonyl (C=S) groups is 1. The SMILES string of the molecule is CC(C)(CN1CCCC1)NC(N)=S. The first kappa shape index (κ1) is 10.7. The van der Waals surface area contributed by atoms with E-state index in [1.165, 1.54) is 25.9 Å². The van der Waals surface area contributed by atoms with Crippen molar-refractivity contribution >= 4 is 17.3 Å². The number of hydrogen-bond acceptors (Lipinski definition) is 2. The highest BCUT2D eigenvalue weighted by Crippen LogP contribution is 2.12. The van der Waals surface area contributed by atoms with Crippen molar-refractivity contribution < 1.29 is 0 Å². The van der Waals surface area contributed by atoms with E-state index in [9.17, 15) is 0 Å². The maximum Gasteiger partial charge on any atom is 0.164 e. The van der Waals surface area contributed by atoms with Gasteiger partial charge in [-0.05, 0) is 52.0 Å². The normalized spacial score (nSPS) is 18.9. The summed E-state index contributed by atoms with van der Waals surface area (Å²) < 4.78 is 0. The Morgan fingerprint density at radius 1 is 1.46 bits per heavy atom. The molecule has 1 aliphatic rings. The van der Waals surface area contributed by atoms with Crippen LogP contribution >= 0.6 is 12.2 Å². The number of nitrogens with one attached hydrogen (secondary N) is 1. The summed E-state index contributed by atoms with van der Waals surface area (Å²) in [5.74, 6) is 0. The molecule has 76 valence electrons. The van der Waals surface area contributed by atoms with E-state index in [4.69, 9.17) is 18.0 Å². The van der Waals surface area contributed by atoms with Crippen molar-refractivity contribution in [2.24, 2.45) is 5.73 Å². The number of nitrogens with zero attached hydrogens (tertiary/aromatic N) is 1. The van der Waals surface area contributed by atoms with Gasteiger partial charge in [0.05, 0.1) is 0 Å². The lowest BCUT2D eigenvalue weighted by Crippen LogP contribution is -2.52. The molecule has 1 rings (SSSR count). The molecule has 0 aromatic heterocycles. The lowest BCUT2D eigenvalue weighted by atomic mass is 10.1. The molecule has 0 aliphatic carbocycles. The van der Waals surface area contributed by atoms with Crippen molar-refractivity contribution in [1.29, 1.82) is 0 Å². The Labute approximate surface area is 85.7 Å². The number of nitrogens with two attached hydrogens (primary N) is 1. The third-order valence-corrected chi connectivity index (χ3v) is 2.38. The van der Waals surface area contributed by atoms with Crippen molar-refractivity contribution in [1.82, 2.24) is 10.2 Å². The first-order valence-electron chi connectivity index (χ1n) is 4.80. The third-order valence-electron chi connectivity index (χ3n) is 2.28. The van der Waals surface area contributed by atoms with Gasteiger partial charge in [0.25, 0.3) is 0 Å². The van der Waals surface area contributed by atoms with Gasteiger partial charge in [0.2, 0.25) is 0 Å². The van der Waals surface area contributed by atoms with Crippen molar-refractivity contribution in [2.75, 3.05) is 19.6 Å². The minimum Gasteiger partial charge on any atom is -0.376 e. The molecule has 4 heteroatoms. The predicted octanol–water partition coefficient (Wildman–Crippen LogP) is 0.694. The van der Waals surface area contributed by atoms with Gasteiger partial charge in [-0.3, -0.25) is 0 Å². The molecule has 3 N–H and O–H groups in total. The fourth-order valence-corrected chi connectivity index (χ4v) is 2.15. The topological polar surface area (TPSA) is 41.3 Å². The average molecular weight is 201 g/mol. The molecule has 0 bridgehead atoms. The third kappa shape index (κ3) is 3.91. The van der Waals surface area contributed by atoms with Crippen LogP contribution in [0.25, 0.3) is 0 Å². The summed E-state index contributed by atoms with van der Waals surface area (Å²) in [4.78, 5) is 2.45. The molecule has 0 saturated carbocycles. The second-order valence-corrected chi connectivity index (χ2v) is 4.80. The fraction of sp³-hybridized carbons (Fsp3) is 0.889. The molecule has 13 heavy (non-hydrogen) atoms. The molecule has 1 aliphatic heterocycles. The molecule has 0 amide bonds. The average Bonchev–Trinajstić information content (AvgIpc) is 2.34. The summed E-state index contributed by atoms with van der Waals surface area (Å²) in [7, 11) is 0. The van der Waals surface area contributed by atoms with E-state index < -0.39 is 0 Å². The number of rotatable bonds is 3. The Morgan fingerprint density at radius 3 is 2.46 bits per heavy atom. The van der Waals surface area contributed by atoms with Gasteiger partial charge in [-0.25, -0.2) is 0 Å². The van der Waals surface area contributed by atoms with Crippen LogP contribution in [-0.2, 0) is 0 Å². The van der Waals surface area contributed by atoms with Crippen LogP contribution in [-0.4, -0.2) is 35.2 Å². The molecule has 0 radical (unpaired) electrons. The van der Waals surface area contributed by atoms with E-state index in [-0.39, 0.29) is 5.54 Å². The number of likely N-dealkylation sites (tertiary alicyclic amines) is 1. The lowest BCUT2D eigenvalue weighted by Gasteiger charge is -2.31. The van der Waals surface area contributed by atoms with Crippen LogP contribution in [0.5, 0.6) is 0 Å². The largest absolute Gasteiger partial charge is 0.376 e. The van der Waals surface area contributed by atoms with E-state index in [2.05, 4.69) is 24.1 Å². The van der Waals surface area contributed by atoms with Gasteiger partial charge in [0.1, 0.15) is 0 Å². The molecule has 3 nitrogen and oxygen atoms in total. The van der Waals surface area contributed by atoms with Gasteiger partial charge in [0.15, 0.2) is 5.11 Å². The van der Waals surface area contributed by atoms with Crippen molar-refractivity contribution in [3.63, 3.8) is 0 Å². The maximum absolute atomic E-state index is 5.45. The monoisotopic (exact) mass is 201 g/mol. The van der Waals surface area contributed by atoms with Crippen LogP contribution < -0.4 is 11.1 Å². The molecule has 0 spiro atoms. The van der Waals surface area contributed by atoms with E-state index in [0.717, 1.165) is 6.54 Å². The van der Waals surface area contributed by atoms with E-state index in [1.54, 1.807) is 0 Å². The molecular weight excluding hydrogens is 182 g/mol. The minimum absolute atomic E-state index is 0.00380.